The van der Waals surface area contributed by atoms with E-state index < -0.39 is 0 Å². The second kappa shape index (κ2) is 8.73. The van der Waals surface area contributed by atoms with E-state index in [1.54, 1.807) is 17.5 Å². The fourth-order valence-corrected chi connectivity index (χ4v) is 5.12. The van der Waals surface area contributed by atoms with Crippen molar-refractivity contribution in [3.05, 3.63) is 41.5 Å². The van der Waals surface area contributed by atoms with Gasteiger partial charge in [0.05, 0.1) is 6.42 Å². The minimum atomic E-state index is 0.142. The Morgan fingerprint density at radius 2 is 1.93 bits per heavy atom. The number of fused-ring (bicyclic) bond motifs is 1. The normalized spacial score (nSPS) is 19.4. The van der Waals surface area contributed by atoms with Crippen molar-refractivity contribution in [2.75, 3.05) is 26.2 Å². The number of piperidine rings is 2. The standard InChI is InChI=1S/C22H26N4O3S/c27-21(15-19-18-3-1-2-4-20(18)29-24-19)26-10-5-16(6-11-26)25-12-7-17(8-13-25)28-22-23-9-14-30-22/h1-4,9,14,16-17H,5-8,10-13,15H2. The molecule has 0 aliphatic carbocycles. The highest BCUT2D eigenvalue weighted by atomic mass is 32.1. The smallest absolute Gasteiger partial charge is 0.273 e. The maximum Gasteiger partial charge on any atom is 0.273 e. The second-order valence-electron chi connectivity index (χ2n) is 8.07. The Kier molecular flexibility index (Phi) is 5.68. The first-order valence-electron chi connectivity index (χ1n) is 10.7. The molecule has 0 N–H and O–H groups in total. The Labute approximate surface area is 179 Å². The molecule has 2 saturated heterocycles. The highest BCUT2D eigenvalue weighted by molar-refractivity contribution is 7.11. The predicted octanol–water partition coefficient (Wildman–Crippen LogP) is 3.36. The second-order valence-corrected chi connectivity index (χ2v) is 8.92. The first kappa shape index (κ1) is 19.5. The van der Waals surface area contributed by atoms with Gasteiger partial charge in [0, 0.05) is 49.2 Å². The maximum absolute atomic E-state index is 12.8. The summed E-state index contributed by atoms with van der Waals surface area (Å²) in [6, 6.07) is 8.26. The van der Waals surface area contributed by atoms with Gasteiger partial charge < -0.3 is 14.2 Å². The molecule has 2 aromatic heterocycles. The average Bonchev–Trinajstić information content (AvgIpc) is 3.45. The first-order valence-corrected chi connectivity index (χ1v) is 11.6. The lowest BCUT2D eigenvalue weighted by Crippen LogP contribution is -2.50. The SMILES string of the molecule is O=C(Cc1noc2ccccc12)N1CCC(N2CCC(Oc3nccs3)CC2)CC1. The van der Waals surface area contributed by atoms with Gasteiger partial charge in [0.25, 0.3) is 5.19 Å². The van der Waals surface area contributed by atoms with Crippen molar-refractivity contribution in [1.29, 1.82) is 0 Å². The summed E-state index contributed by atoms with van der Waals surface area (Å²) in [7, 11) is 0. The zero-order valence-electron chi connectivity index (χ0n) is 16.9. The van der Waals surface area contributed by atoms with E-state index in [9.17, 15) is 4.79 Å². The molecule has 7 nitrogen and oxygen atoms in total. The molecule has 2 aliphatic heterocycles. The molecule has 0 bridgehead atoms. The number of nitrogens with zero attached hydrogens (tertiary/aromatic N) is 4. The molecule has 3 aromatic rings. The van der Waals surface area contributed by atoms with Gasteiger partial charge in [-0.2, -0.15) is 0 Å². The van der Waals surface area contributed by atoms with E-state index in [0.717, 1.165) is 73.7 Å². The lowest BCUT2D eigenvalue weighted by molar-refractivity contribution is -0.132. The van der Waals surface area contributed by atoms with E-state index in [4.69, 9.17) is 9.26 Å². The van der Waals surface area contributed by atoms with Gasteiger partial charge in [0.15, 0.2) is 5.58 Å². The van der Waals surface area contributed by atoms with E-state index in [0.29, 0.717) is 12.5 Å². The number of ether oxygens (including phenoxy) is 1. The van der Waals surface area contributed by atoms with Gasteiger partial charge in [-0.05, 0) is 37.8 Å². The fourth-order valence-electron chi connectivity index (χ4n) is 4.57. The van der Waals surface area contributed by atoms with Crippen LogP contribution >= 0.6 is 11.3 Å². The largest absolute Gasteiger partial charge is 0.467 e. The summed E-state index contributed by atoms with van der Waals surface area (Å²) in [4.78, 5) is 21.6. The summed E-state index contributed by atoms with van der Waals surface area (Å²) >= 11 is 1.56. The van der Waals surface area contributed by atoms with E-state index >= 15 is 0 Å². The summed E-state index contributed by atoms with van der Waals surface area (Å²) < 4.78 is 11.3. The van der Waals surface area contributed by atoms with E-state index in [1.165, 1.54) is 0 Å². The third kappa shape index (κ3) is 4.20. The Hall–Kier alpha value is -2.45. The van der Waals surface area contributed by atoms with Crippen LogP contribution in [0.25, 0.3) is 11.0 Å². The number of carbonyl (C=O) groups is 1. The van der Waals surface area contributed by atoms with Crippen LogP contribution in [-0.2, 0) is 11.2 Å². The van der Waals surface area contributed by atoms with Crippen molar-refractivity contribution in [2.24, 2.45) is 0 Å². The van der Waals surface area contributed by atoms with Crippen LogP contribution in [0, 0.1) is 0 Å². The minimum absolute atomic E-state index is 0.142. The van der Waals surface area contributed by atoms with Crippen molar-refractivity contribution in [3.63, 3.8) is 0 Å². The molecule has 0 radical (unpaired) electrons. The third-order valence-corrected chi connectivity index (χ3v) is 6.92. The van der Waals surface area contributed by atoms with Crippen LogP contribution in [0.1, 0.15) is 31.4 Å². The highest BCUT2D eigenvalue weighted by Crippen LogP contribution is 2.25. The molecule has 30 heavy (non-hydrogen) atoms. The number of amides is 1. The van der Waals surface area contributed by atoms with Crippen molar-refractivity contribution in [3.8, 4) is 5.19 Å². The molecule has 1 aromatic carbocycles. The van der Waals surface area contributed by atoms with Crippen LogP contribution in [0.15, 0.2) is 40.4 Å². The molecule has 2 aliphatic rings. The van der Waals surface area contributed by atoms with Crippen LogP contribution in [-0.4, -0.2) is 64.2 Å². The van der Waals surface area contributed by atoms with Crippen molar-refractivity contribution >= 4 is 28.2 Å². The fraction of sp³-hybridized carbons (Fsp3) is 0.500. The van der Waals surface area contributed by atoms with Gasteiger partial charge in [-0.3, -0.25) is 9.69 Å². The van der Waals surface area contributed by atoms with Crippen LogP contribution < -0.4 is 4.74 Å². The Balaban J connectivity index is 1.09. The van der Waals surface area contributed by atoms with Gasteiger partial charge >= 0.3 is 0 Å². The monoisotopic (exact) mass is 426 g/mol. The number of aromatic nitrogens is 2. The van der Waals surface area contributed by atoms with E-state index in [2.05, 4.69) is 15.0 Å². The molecular formula is C22H26N4O3S. The molecule has 0 atom stereocenters. The van der Waals surface area contributed by atoms with Crippen molar-refractivity contribution < 1.29 is 14.1 Å². The number of benzene rings is 1. The molecule has 0 saturated carbocycles. The van der Waals surface area contributed by atoms with Crippen LogP contribution in [0.5, 0.6) is 5.19 Å². The molecular weight excluding hydrogens is 400 g/mol. The van der Waals surface area contributed by atoms with Crippen molar-refractivity contribution in [2.45, 2.75) is 44.2 Å². The summed E-state index contributed by atoms with van der Waals surface area (Å²) in [5.41, 5.74) is 1.47. The van der Waals surface area contributed by atoms with Crippen LogP contribution in [0.2, 0.25) is 0 Å². The lowest BCUT2D eigenvalue weighted by atomic mass is 9.98. The van der Waals surface area contributed by atoms with Gasteiger partial charge in [-0.25, -0.2) is 4.98 Å². The van der Waals surface area contributed by atoms with Crippen LogP contribution in [0.4, 0.5) is 0 Å². The number of hydrogen-bond donors (Lipinski definition) is 0. The molecule has 158 valence electrons. The molecule has 1 amide bonds. The molecule has 4 heterocycles. The molecule has 5 rings (SSSR count). The average molecular weight is 427 g/mol. The summed E-state index contributed by atoms with van der Waals surface area (Å²) in [6.45, 7) is 3.74. The number of rotatable bonds is 5. The summed E-state index contributed by atoms with van der Waals surface area (Å²) in [5.74, 6) is 0.142. The zero-order chi connectivity index (χ0) is 20.3. The van der Waals surface area contributed by atoms with Crippen molar-refractivity contribution in [1.82, 2.24) is 19.9 Å². The number of thiazole rings is 1. The molecule has 0 unspecified atom stereocenters. The highest BCUT2D eigenvalue weighted by Gasteiger charge is 2.30. The first-order chi connectivity index (χ1) is 14.8. The van der Waals surface area contributed by atoms with Gasteiger partial charge in [-0.15, -0.1) is 0 Å². The van der Waals surface area contributed by atoms with Gasteiger partial charge in [-0.1, -0.05) is 28.6 Å². The topological polar surface area (TPSA) is 71.7 Å². The van der Waals surface area contributed by atoms with Gasteiger partial charge in [0.1, 0.15) is 11.8 Å². The maximum atomic E-state index is 12.8. The van der Waals surface area contributed by atoms with Gasteiger partial charge in [0.2, 0.25) is 5.91 Å². The minimum Gasteiger partial charge on any atom is -0.467 e. The predicted molar refractivity (Wildman–Crippen MR) is 115 cm³/mol. The summed E-state index contributed by atoms with van der Waals surface area (Å²) in [5, 5.41) is 7.77. The third-order valence-electron chi connectivity index (χ3n) is 6.26. The lowest BCUT2D eigenvalue weighted by Gasteiger charge is -2.41. The Bertz CT molecular complexity index is 973. The number of para-hydroxylation sites is 1. The quantitative estimate of drug-likeness (QED) is 0.623. The Morgan fingerprint density at radius 3 is 2.70 bits per heavy atom. The van der Waals surface area contributed by atoms with E-state index in [1.807, 2.05) is 34.5 Å². The zero-order valence-corrected chi connectivity index (χ0v) is 17.7. The summed E-state index contributed by atoms with van der Waals surface area (Å²) in [6.07, 6.45) is 6.50. The number of carbonyl (C=O) groups excluding carboxylic acids is 1. The molecule has 0 spiro atoms. The van der Waals surface area contributed by atoms with Crippen LogP contribution in [0.3, 0.4) is 0 Å². The number of likely N-dealkylation sites (tertiary alicyclic amines) is 2. The van der Waals surface area contributed by atoms with E-state index in [-0.39, 0.29) is 12.0 Å². The molecule has 2 fully saturated rings. The molecule has 8 heteroatoms. The Morgan fingerprint density at radius 1 is 1.13 bits per heavy atom. The number of hydrogen-bond acceptors (Lipinski definition) is 7.